The van der Waals surface area contributed by atoms with Crippen LogP contribution in [0.4, 0.5) is 0 Å². The van der Waals surface area contributed by atoms with Crippen LogP contribution in [0.3, 0.4) is 0 Å². The van der Waals surface area contributed by atoms with E-state index >= 15 is 0 Å². The number of amides is 1. The predicted octanol–water partition coefficient (Wildman–Crippen LogP) is 0.131. The van der Waals surface area contributed by atoms with Crippen LogP contribution in [0, 0.1) is 0 Å². The van der Waals surface area contributed by atoms with Crippen molar-refractivity contribution in [3.8, 4) is 0 Å². The monoisotopic (exact) mass is 271 g/mol. The Morgan fingerprint density at radius 3 is 2.39 bits per heavy atom. The molecule has 5 nitrogen and oxygen atoms in total. The molecule has 0 aliphatic carbocycles. The van der Waals surface area contributed by atoms with Gasteiger partial charge in [0.1, 0.15) is 0 Å². The Hall–Kier alpha value is -1.40. The minimum absolute atomic E-state index is 0.0860. The molecule has 0 aliphatic heterocycles. The fourth-order valence-corrected chi connectivity index (χ4v) is 2.51. The van der Waals surface area contributed by atoms with E-state index in [9.17, 15) is 13.2 Å². The number of carbonyl (C=O) groups excluding carboxylic acids is 1. The Balaban J connectivity index is 2.65. The van der Waals surface area contributed by atoms with E-state index in [1.807, 2.05) is 0 Å². The van der Waals surface area contributed by atoms with Gasteiger partial charge >= 0.3 is 0 Å². The van der Waals surface area contributed by atoms with Crippen molar-refractivity contribution in [1.29, 1.82) is 0 Å². The molecule has 0 fully saturated rings. The summed E-state index contributed by atoms with van der Waals surface area (Å²) in [4.78, 5) is 10.9. The van der Waals surface area contributed by atoms with Gasteiger partial charge in [0, 0.05) is 13.5 Å². The van der Waals surface area contributed by atoms with Gasteiger partial charge in [-0.1, -0.05) is 12.1 Å². The first-order chi connectivity index (χ1) is 8.45. The fraction of sp³-hybridized carbons (Fsp3) is 0.417. The second kappa shape index (κ2) is 6.51. The topological polar surface area (TPSA) is 83.5 Å². The highest BCUT2D eigenvalue weighted by molar-refractivity contribution is 7.91. The summed E-state index contributed by atoms with van der Waals surface area (Å²) in [5.41, 5.74) is 0.951. The van der Waals surface area contributed by atoms with Crippen molar-refractivity contribution in [2.75, 3.05) is 18.9 Å². The SMILES string of the molecule is CC(=O)NCCc1ccc(S(=O)(=O)CCO)cc1. The lowest BCUT2D eigenvalue weighted by Crippen LogP contribution is -2.22. The molecule has 0 heterocycles. The van der Waals surface area contributed by atoms with Gasteiger partial charge in [0.2, 0.25) is 5.91 Å². The number of hydrogen-bond acceptors (Lipinski definition) is 4. The molecule has 0 spiro atoms. The highest BCUT2D eigenvalue weighted by Gasteiger charge is 2.12. The quantitative estimate of drug-likeness (QED) is 0.770. The smallest absolute Gasteiger partial charge is 0.216 e. The van der Waals surface area contributed by atoms with E-state index in [-0.39, 0.29) is 23.2 Å². The van der Waals surface area contributed by atoms with E-state index in [0.29, 0.717) is 13.0 Å². The standard InChI is InChI=1S/C12H17NO4S/c1-10(15)13-7-6-11-2-4-12(5-3-11)18(16,17)9-8-14/h2-5,14H,6-9H2,1H3,(H,13,15). The molecule has 1 amide bonds. The molecule has 18 heavy (non-hydrogen) atoms. The van der Waals surface area contributed by atoms with Gasteiger partial charge < -0.3 is 10.4 Å². The van der Waals surface area contributed by atoms with Crippen molar-refractivity contribution in [3.63, 3.8) is 0 Å². The Bertz CT molecular complexity index is 493. The lowest BCUT2D eigenvalue weighted by Gasteiger charge is -2.05. The van der Waals surface area contributed by atoms with Gasteiger partial charge in [0.05, 0.1) is 17.3 Å². The molecule has 0 saturated carbocycles. The highest BCUT2D eigenvalue weighted by atomic mass is 32.2. The first-order valence-electron chi connectivity index (χ1n) is 5.62. The zero-order valence-electron chi connectivity index (χ0n) is 10.2. The maximum absolute atomic E-state index is 11.6. The minimum Gasteiger partial charge on any atom is -0.395 e. The van der Waals surface area contributed by atoms with Gasteiger partial charge in [0.25, 0.3) is 0 Å². The molecule has 1 aromatic rings. The van der Waals surface area contributed by atoms with Crippen molar-refractivity contribution in [1.82, 2.24) is 5.32 Å². The third-order valence-electron chi connectivity index (χ3n) is 2.43. The predicted molar refractivity (Wildman–Crippen MR) is 68.0 cm³/mol. The van der Waals surface area contributed by atoms with Crippen LogP contribution in [0.15, 0.2) is 29.2 Å². The molecular formula is C12H17NO4S. The maximum atomic E-state index is 11.6. The van der Waals surface area contributed by atoms with Gasteiger partial charge in [-0.05, 0) is 24.1 Å². The lowest BCUT2D eigenvalue weighted by molar-refractivity contribution is -0.118. The number of rotatable bonds is 6. The molecule has 1 aromatic carbocycles. The van der Waals surface area contributed by atoms with Crippen molar-refractivity contribution < 1.29 is 18.3 Å². The number of hydrogen-bond donors (Lipinski definition) is 2. The van der Waals surface area contributed by atoms with Crippen LogP contribution in [0.25, 0.3) is 0 Å². The molecule has 0 saturated heterocycles. The second-order valence-electron chi connectivity index (χ2n) is 3.92. The number of aliphatic hydroxyl groups is 1. The van der Waals surface area contributed by atoms with Crippen molar-refractivity contribution in [2.45, 2.75) is 18.2 Å². The van der Waals surface area contributed by atoms with Crippen LogP contribution in [-0.2, 0) is 21.1 Å². The van der Waals surface area contributed by atoms with E-state index < -0.39 is 9.84 Å². The van der Waals surface area contributed by atoms with Gasteiger partial charge in [-0.25, -0.2) is 8.42 Å². The Morgan fingerprint density at radius 2 is 1.89 bits per heavy atom. The maximum Gasteiger partial charge on any atom is 0.216 e. The first-order valence-corrected chi connectivity index (χ1v) is 7.28. The summed E-state index contributed by atoms with van der Waals surface area (Å²) < 4.78 is 23.3. The molecule has 0 atom stereocenters. The van der Waals surface area contributed by atoms with Crippen molar-refractivity contribution in [3.05, 3.63) is 29.8 Å². The molecule has 0 bridgehead atoms. The molecule has 0 radical (unpaired) electrons. The van der Waals surface area contributed by atoms with Crippen LogP contribution in [-0.4, -0.2) is 38.3 Å². The molecule has 100 valence electrons. The molecule has 2 N–H and O–H groups in total. The van der Waals surface area contributed by atoms with Crippen LogP contribution < -0.4 is 5.32 Å². The van der Waals surface area contributed by atoms with E-state index in [4.69, 9.17) is 5.11 Å². The van der Waals surface area contributed by atoms with Crippen LogP contribution >= 0.6 is 0 Å². The average Bonchev–Trinajstić information content (AvgIpc) is 2.29. The zero-order chi connectivity index (χ0) is 13.6. The Morgan fingerprint density at radius 1 is 1.28 bits per heavy atom. The van der Waals surface area contributed by atoms with Gasteiger partial charge in [-0.3, -0.25) is 4.79 Å². The summed E-state index contributed by atoms with van der Waals surface area (Å²) in [7, 11) is -3.38. The number of carbonyl (C=O) groups is 1. The largest absolute Gasteiger partial charge is 0.395 e. The van der Waals surface area contributed by atoms with Crippen LogP contribution in [0.1, 0.15) is 12.5 Å². The summed E-state index contributed by atoms with van der Waals surface area (Å²) in [6.07, 6.45) is 0.653. The first kappa shape index (κ1) is 14.7. The minimum atomic E-state index is -3.38. The second-order valence-corrected chi connectivity index (χ2v) is 6.03. The third kappa shape index (κ3) is 4.46. The molecule has 0 aliphatic rings. The van der Waals surface area contributed by atoms with Gasteiger partial charge in [-0.2, -0.15) is 0 Å². The number of aliphatic hydroxyl groups excluding tert-OH is 1. The summed E-state index contributed by atoms with van der Waals surface area (Å²) >= 11 is 0. The lowest BCUT2D eigenvalue weighted by atomic mass is 10.1. The normalized spacial score (nSPS) is 11.2. The third-order valence-corrected chi connectivity index (χ3v) is 4.14. The van der Waals surface area contributed by atoms with E-state index in [0.717, 1.165) is 5.56 Å². The summed E-state index contributed by atoms with van der Waals surface area (Å²) in [6.45, 7) is 1.59. The molecule has 6 heteroatoms. The van der Waals surface area contributed by atoms with Crippen LogP contribution in [0.5, 0.6) is 0 Å². The van der Waals surface area contributed by atoms with Crippen molar-refractivity contribution >= 4 is 15.7 Å². The van der Waals surface area contributed by atoms with E-state index in [1.165, 1.54) is 19.1 Å². The summed E-state index contributed by atoms with van der Waals surface area (Å²) in [6, 6.07) is 6.47. The summed E-state index contributed by atoms with van der Waals surface area (Å²) in [5, 5.41) is 11.3. The van der Waals surface area contributed by atoms with Crippen molar-refractivity contribution in [2.24, 2.45) is 0 Å². The zero-order valence-corrected chi connectivity index (χ0v) is 11.0. The molecule has 1 rings (SSSR count). The van der Waals surface area contributed by atoms with Crippen LogP contribution in [0.2, 0.25) is 0 Å². The van der Waals surface area contributed by atoms with Gasteiger partial charge in [-0.15, -0.1) is 0 Å². The highest BCUT2D eigenvalue weighted by Crippen LogP contribution is 2.12. The molecule has 0 unspecified atom stereocenters. The molecule has 0 aromatic heterocycles. The number of nitrogens with one attached hydrogen (secondary N) is 1. The average molecular weight is 271 g/mol. The Kier molecular flexibility index (Phi) is 5.30. The Labute approximate surface area is 107 Å². The summed E-state index contributed by atoms with van der Waals surface area (Å²) in [5.74, 6) is -0.352. The van der Waals surface area contributed by atoms with E-state index in [1.54, 1.807) is 12.1 Å². The fourth-order valence-electron chi connectivity index (χ4n) is 1.48. The number of sulfone groups is 1. The molecular weight excluding hydrogens is 254 g/mol. The van der Waals surface area contributed by atoms with E-state index in [2.05, 4.69) is 5.32 Å². The van der Waals surface area contributed by atoms with Gasteiger partial charge in [0.15, 0.2) is 9.84 Å². The number of benzene rings is 1.